The van der Waals surface area contributed by atoms with E-state index < -0.39 is 17.1 Å². The highest BCUT2D eigenvalue weighted by Crippen LogP contribution is 2.33. The molecule has 172 valence electrons. The molecule has 0 radical (unpaired) electrons. The van der Waals surface area contributed by atoms with E-state index in [1.165, 1.54) is 0 Å². The molecule has 1 heterocycles. The lowest BCUT2D eigenvalue weighted by molar-refractivity contribution is -0.142. The van der Waals surface area contributed by atoms with Gasteiger partial charge in [0.1, 0.15) is 17.9 Å². The Hall–Kier alpha value is -2.90. The molecule has 3 N–H and O–H groups in total. The van der Waals surface area contributed by atoms with Gasteiger partial charge in [-0.2, -0.15) is 0 Å². The van der Waals surface area contributed by atoms with Crippen LogP contribution >= 0.6 is 0 Å². The van der Waals surface area contributed by atoms with Crippen LogP contribution in [0.4, 0.5) is 0 Å². The average Bonchev–Trinajstić information content (AvgIpc) is 2.77. The number of carbonyl (C=O) groups is 2. The number of rotatable bonds is 9. The van der Waals surface area contributed by atoms with E-state index >= 15 is 0 Å². The third kappa shape index (κ3) is 6.08. The highest BCUT2D eigenvalue weighted by molar-refractivity contribution is 5.88. The Morgan fingerprint density at radius 2 is 1.81 bits per heavy atom. The molecule has 3 rings (SSSR count). The molecule has 0 saturated carbocycles. The van der Waals surface area contributed by atoms with Gasteiger partial charge in [-0.1, -0.05) is 30.3 Å². The Morgan fingerprint density at radius 1 is 1.12 bits per heavy atom. The fourth-order valence-corrected chi connectivity index (χ4v) is 4.10. The summed E-state index contributed by atoms with van der Waals surface area (Å²) in [6.45, 7) is 7.31. The third-order valence-corrected chi connectivity index (χ3v) is 5.77. The van der Waals surface area contributed by atoms with E-state index in [9.17, 15) is 9.59 Å². The highest BCUT2D eigenvalue weighted by Gasteiger charge is 2.46. The number of hydrogen-bond donors (Lipinski definition) is 3. The summed E-state index contributed by atoms with van der Waals surface area (Å²) in [5, 5.41) is 15.6. The van der Waals surface area contributed by atoms with E-state index in [0.29, 0.717) is 32.6 Å². The molecule has 0 aromatic heterocycles. The molecule has 2 aromatic carbocycles. The van der Waals surface area contributed by atoms with E-state index in [0.717, 1.165) is 11.3 Å². The summed E-state index contributed by atoms with van der Waals surface area (Å²) in [6, 6.07) is 15.9. The zero-order valence-electron chi connectivity index (χ0n) is 18.9. The fraction of sp³-hybridized carbons (Fsp3) is 0.440. The molecule has 1 fully saturated rings. The molecule has 0 unspecified atom stereocenters. The molecule has 0 bridgehead atoms. The van der Waals surface area contributed by atoms with Gasteiger partial charge in [0.2, 0.25) is 5.91 Å². The number of benzene rings is 2. The van der Waals surface area contributed by atoms with E-state index in [-0.39, 0.29) is 17.5 Å². The van der Waals surface area contributed by atoms with Crippen molar-refractivity contribution in [2.75, 3.05) is 19.8 Å². The summed E-state index contributed by atoms with van der Waals surface area (Å²) in [4.78, 5) is 24.6. The van der Waals surface area contributed by atoms with E-state index in [2.05, 4.69) is 10.6 Å². The van der Waals surface area contributed by atoms with Gasteiger partial charge in [-0.05, 0) is 57.0 Å². The Morgan fingerprint density at radius 3 is 2.44 bits per heavy atom. The summed E-state index contributed by atoms with van der Waals surface area (Å²) in [7, 11) is 0. The normalized spacial score (nSPS) is 20.8. The van der Waals surface area contributed by atoms with Gasteiger partial charge in [0.15, 0.2) is 0 Å². The van der Waals surface area contributed by atoms with Gasteiger partial charge >= 0.3 is 5.97 Å². The van der Waals surface area contributed by atoms with Crippen molar-refractivity contribution in [1.82, 2.24) is 10.6 Å². The second-order valence-electron chi connectivity index (χ2n) is 8.83. The van der Waals surface area contributed by atoms with Crippen molar-refractivity contribution < 1.29 is 24.2 Å². The lowest BCUT2D eigenvalue weighted by Gasteiger charge is -2.44. The first-order valence-corrected chi connectivity index (χ1v) is 10.9. The van der Waals surface area contributed by atoms with Crippen LogP contribution in [-0.2, 0) is 9.53 Å². The third-order valence-electron chi connectivity index (χ3n) is 5.77. The van der Waals surface area contributed by atoms with Crippen molar-refractivity contribution in [2.45, 2.75) is 50.8 Å². The van der Waals surface area contributed by atoms with Crippen LogP contribution in [0.3, 0.4) is 0 Å². The quantitative estimate of drug-likeness (QED) is 0.516. The number of amides is 1. The molecule has 7 heteroatoms. The van der Waals surface area contributed by atoms with Crippen LogP contribution in [0.5, 0.6) is 5.75 Å². The van der Waals surface area contributed by atoms with Crippen LogP contribution in [0.2, 0.25) is 0 Å². The smallest absolute Gasteiger partial charge is 0.335 e. The van der Waals surface area contributed by atoms with E-state index in [4.69, 9.17) is 14.6 Å². The number of carboxylic acids is 1. The molecule has 1 aliphatic heterocycles. The number of ether oxygens (including phenoxy) is 2. The standard InChI is InChI=1S/C25H32N2O5/c1-18(19-9-11-20(12-10-19)22(28)29)27-23(30)25(13-15-32-24(2,3)17-25)26-14-16-31-21-7-5-4-6-8-21/h4-12,18,26H,13-17H2,1-3H3,(H,27,30)(H,28,29)/t18-,25+/m0/s1. The Kier molecular flexibility index (Phi) is 7.53. The molecular formula is C25H32N2O5. The zero-order chi connectivity index (χ0) is 23.2. The number of carboxylic acid groups (broad SMARTS) is 1. The SMILES string of the molecule is C[C@H](NC(=O)[C@@]1(NCCOc2ccccc2)CCOC(C)(C)C1)c1ccc(C(=O)O)cc1. The first-order chi connectivity index (χ1) is 15.2. The summed E-state index contributed by atoms with van der Waals surface area (Å²) in [6.07, 6.45) is 1.08. The van der Waals surface area contributed by atoms with Crippen molar-refractivity contribution in [3.63, 3.8) is 0 Å². The minimum absolute atomic E-state index is 0.0941. The minimum Gasteiger partial charge on any atom is -0.492 e. The molecule has 0 spiro atoms. The topological polar surface area (TPSA) is 96.9 Å². The van der Waals surface area contributed by atoms with Crippen LogP contribution in [0, 0.1) is 0 Å². The molecule has 0 aliphatic carbocycles. The lowest BCUT2D eigenvalue weighted by Crippen LogP contribution is -2.63. The first kappa shape index (κ1) is 23.8. The van der Waals surface area contributed by atoms with E-state index in [1.807, 2.05) is 51.1 Å². The Labute approximate surface area is 189 Å². The number of aromatic carboxylic acids is 1. The van der Waals surface area contributed by atoms with Crippen molar-refractivity contribution in [1.29, 1.82) is 0 Å². The predicted molar refractivity (Wildman–Crippen MR) is 122 cm³/mol. The fourth-order valence-electron chi connectivity index (χ4n) is 4.10. The van der Waals surface area contributed by atoms with Crippen LogP contribution in [0.1, 0.15) is 55.6 Å². The Bertz CT molecular complexity index is 914. The van der Waals surface area contributed by atoms with Gasteiger partial charge in [0.25, 0.3) is 0 Å². The number of hydrogen-bond acceptors (Lipinski definition) is 5. The highest BCUT2D eigenvalue weighted by atomic mass is 16.5. The number of nitrogens with one attached hydrogen (secondary N) is 2. The molecule has 1 saturated heterocycles. The monoisotopic (exact) mass is 440 g/mol. The average molecular weight is 441 g/mol. The zero-order valence-corrected chi connectivity index (χ0v) is 18.9. The number of carbonyl (C=O) groups excluding carboxylic acids is 1. The van der Waals surface area contributed by atoms with Crippen LogP contribution in [-0.4, -0.2) is 47.9 Å². The summed E-state index contributed by atoms with van der Waals surface area (Å²) in [5.74, 6) is -0.277. The Balaban J connectivity index is 1.66. The molecular weight excluding hydrogens is 408 g/mol. The molecule has 7 nitrogen and oxygen atoms in total. The maximum absolute atomic E-state index is 13.5. The number of para-hydroxylation sites is 1. The molecule has 1 aliphatic rings. The van der Waals surface area contributed by atoms with Gasteiger partial charge in [0, 0.05) is 19.6 Å². The summed E-state index contributed by atoms with van der Waals surface area (Å²) >= 11 is 0. The van der Waals surface area contributed by atoms with Gasteiger partial charge in [-0.15, -0.1) is 0 Å². The first-order valence-electron chi connectivity index (χ1n) is 10.9. The van der Waals surface area contributed by atoms with Gasteiger partial charge < -0.3 is 19.9 Å². The van der Waals surface area contributed by atoms with Gasteiger partial charge in [-0.3, -0.25) is 10.1 Å². The second kappa shape index (κ2) is 10.1. The second-order valence-corrected chi connectivity index (χ2v) is 8.83. The lowest BCUT2D eigenvalue weighted by atomic mass is 9.80. The maximum atomic E-state index is 13.5. The molecule has 2 aromatic rings. The molecule has 1 amide bonds. The van der Waals surface area contributed by atoms with Crippen LogP contribution in [0.15, 0.2) is 54.6 Å². The molecule has 2 atom stereocenters. The van der Waals surface area contributed by atoms with Crippen molar-refractivity contribution in [3.05, 3.63) is 65.7 Å². The maximum Gasteiger partial charge on any atom is 0.335 e. The molecule has 32 heavy (non-hydrogen) atoms. The van der Waals surface area contributed by atoms with Crippen molar-refractivity contribution in [2.24, 2.45) is 0 Å². The van der Waals surface area contributed by atoms with Crippen molar-refractivity contribution in [3.8, 4) is 5.75 Å². The predicted octanol–water partition coefficient (Wildman–Crippen LogP) is 3.56. The van der Waals surface area contributed by atoms with Crippen molar-refractivity contribution >= 4 is 11.9 Å². The summed E-state index contributed by atoms with van der Waals surface area (Å²) < 4.78 is 11.6. The van der Waals surface area contributed by atoms with Crippen LogP contribution in [0.25, 0.3) is 0 Å². The van der Waals surface area contributed by atoms with Gasteiger partial charge in [-0.25, -0.2) is 4.79 Å². The van der Waals surface area contributed by atoms with Gasteiger partial charge in [0.05, 0.1) is 17.2 Å². The minimum atomic E-state index is -0.974. The summed E-state index contributed by atoms with van der Waals surface area (Å²) in [5.41, 5.74) is -0.154. The van der Waals surface area contributed by atoms with Crippen LogP contribution < -0.4 is 15.4 Å². The largest absolute Gasteiger partial charge is 0.492 e. The van der Waals surface area contributed by atoms with E-state index in [1.54, 1.807) is 24.3 Å².